The van der Waals surface area contributed by atoms with Crippen LogP contribution in [0.4, 0.5) is 5.69 Å². The number of aromatic hydroxyl groups is 1. The molecule has 0 aliphatic heterocycles. The standard InChI is InChI=1S/C15H14BrNO3/c1-20-15(19)14(10-2-8-13(18)9-3-10)17-12-6-4-11(16)5-7-12/h2-9,14,17-18H,1H3. The second-order valence-electron chi connectivity index (χ2n) is 4.20. The summed E-state index contributed by atoms with van der Waals surface area (Å²) in [6.45, 7) is 0. The van der Waals surface area contributed by atoms with Crippen LogP contribution in [0.1, 0.15) is 11.6 Å². The highest BCUT2D eigenvalue weighted by Gasteiger charge is 2.21. The van der Waals surface area contributed by atoms with Crippen molar-refractivity contribution in [2.75, 3.05) is 12.4 Å². The van der Waals surface area contributed by atoms with E-state index in [-0.39, 0.29) is 5.75 Å². The summed E-state index contributed by atoms with van der Waals surface area (Å²) >= 11 is 3.36. The Hall–Kier alpha value is -2.01. The molecular weight excluding hydrogens is 322 g/mol. The lowest BCUT2D eigenvalue weighted by molar-refractivity contribution is -0.141. The number of carbonyl (C=O) groups excluding carboxylic acids is 1. The van der Waals surface area contributed by atoms with Gasteiger partial charge in [-0.2, -0.15) is 0 Å². The van der Waals surface area contributed by atoms with Crippen molar-refractivity contribution in [2.45, 2.75) is 6.04 Å². The van der Waals surface area contributed by atoms with Crippen LogP contribution < -0.4 is 5.32 Å². The van der Waals surface area contributed by atoms with Gasteiger partial charge in [-0.3, -0.25) is 0 Å². The minimum Gasteiger partial charge on any atom is -0.508 e. The lowest BCUT2D eigenvalue weighted by atomic mass is 10.1. The number of ether oxygens (including phenoxy) is 1. The third-order valence-electron chi connectivity index (χ3n) is 2.82. The molecule has 0 bridgehead atoms. The van der Waals surface area contributed by atoms with Gasteiger partial charge in [0.2, 0.25) is 0 Å². The molecular formula is C15H14BrNO3. The van der Waals surface area contributed by atoms with Gasteiger partial charge in [-0.25, -0.2) is 4.79 Å². The molecule has 2 aromatic carbocycles. The lowest BCUT2D eigenvalue weighted by Crippen LogP contribution is -2.22. The summed E-state index contributed by atoms with van der Waals surface area (Å²) in [4.78, 5) is 11.9. The first-order chi connectivity index (χ1) is 9.60. The molecule has 0 saturated carbocycles. The average Bonchev–Trinajstić information content (AvgIpc) is 2.47. The van der Waals surface area contributed by atoms with Crippen LogP contribution in [0, 0.1) is 0 Å². The van der Waals surface area contributed by atoms with Gasteiger partial charge in [0.15, 0.2) is 6.04 Å². The molecule has 0 fully saturated rings. The van der Waals surface area contributed by atoms with E-state index in [4.69, 9.17) is 4.74 Å². The van der Waals surface area contributed by atoms with Crippen LogP contribution in [0.2, 0.25) is 0 Å². The topological polar surface area (TPSA) is 58.6 Å². The van der Waals surface area contributed by atoms with Crippen LogP contribution in [0.5, 0.6) is 5.75 Å². The molecule has 0 aromatic heterocycles. The highest BCUT2D eigenvalue weighted by molar-refractivity contribution is 9.10. The number of esters is 1. The summed E-state index contributed by atoms with van der Waals surface area (Å²) in [5, 5.41) is 12.4. The van der Waals surface area contributed by atoms with E-state index in [0.717, 1.165) is 15.7 Å². The zero-order valence-corrected chi connectivity index (χ0v) is 12.4. The Labute approximate surface area is 125 Å². The monoisotopic (exact) mass is 335 g/mol. The van der Waals surface area contributed by atoms with Crippen molar-refractivity contribution >= 4 is 27.6 Å². The maximum absolute atomic E-state index is 11.9. The second kappa shape index (κ2) is 6.43. The fourth-order valence-electron chi connectivity index (χ4n) is 1.78. The van der Waals surface area contributed by atoms with Crippen LogP contribution in [0.25, 0.3) is 0 Å². The van der Waals surface area contributed by atoms with Crippen molar-refractivity contribution in [1.82, 2.24) is 0 Å². The van der Waals surface area contributed by atoms with Crippen molar-refractivity contribution in [2.24, 2.45) is 0 Å². The predicted octanol–water partition coefficient (Wildman–Crippen LogP) is 3.48. The van der Waals surface area contributed by atoms with Crippen molar-refractivity contribution in [3.63, 3.8) is 0 Å². The molecule has 0 heterocycles. The predicted molar refractivity (Wildman–Crippen MR) is 80.6 cm³/mol. The Morgan fingerprint density at radius 1 is 1.15 bits per heavy atom. The van der Waals surface area contributed by atoms with E-state index < -0.39 is 12.0 Å². The van der Waals surface area contributed by atoms with E-state index in [1.54, 1.807) is 12.1 Å². The first-order valence-electron chi connectivity index (χ1n) is 5.99. The molecule has 5 heteroatoms. The van der Waals surface area contributed by atoms with Gasteiger partial charge >= 0.3 is 5.97 Å². The third kappa shape index (κ3) is 3.51. The van der Waals surface area contributed by atoms with Crippen molar-refractivity contribution in [3.05, 3.63) is 58.6 Å². The number of anilines is 1. The molecule has 0 radical (unpaired) electrons. The van der Waals surface area contributed by atoms with Gasteiger partial charge in [0, 0.05) is 10.2 Å². The summed E-state index contributed by atoms with van der Waals surface area (Å²) in [7, 11) is 1.35. The molecule has 0 saturated heterocycles. The molecule has 2 N–H and O–H groups in total. The highest BCUT2D eigenvalue weighted by atomic mass is 79.9. The summed E-state index contributed by atoms with van der Waals surface area (Å²) in [5.74, 6) is -0.236. The SMILES string of the molecule is COC(=O)C(Nc1ccc(Br)cc1)c1ccc(O)cc1. The van der Waals surface area contributed by atoms with Gasteiger partial charge in [-0.05, 0) is 42.0 Å². The molecule has 0 aliphatic rings. The van der Waals surface area contributed by atoms with Gasteiger partial charge in [-0.15, -0.1) is 0 Å². The number of rotatable bonds is 4. The molecule has 1 unspecified atom stereocenters. The maximum Gasteiger partial charge on any atom is 0.332 e. The summed E-state index contributed by atoms with van der Waals surface area (Å²) in [6.07, 6.45) is 0. The van der Waals surface area contributed by atoms with E-state index in [2.05, 4.69) is 21.2 Å². The average molecular weight is 336 g/mol. The molecule has 0 spiro atoms. The fourth-order valence-corrected chi connectivity index (χ4v) is 2.04. The Morgan fingerprint density at radius 3 is 2.30 bits per heavy atom. The summed E-state index contributed by atoms with van der Waals surface area (Å²) < 4.78 is 5.78. The molecule has 2 rings (SSSR count). The number of halogens is 1. The van der Waals surface area contributed by atoms with Gasteiger partial charge in [0.05, 0.1) is 7.11 Å². The van der Waals surface area contributed by atoms with Gasteiger partial charge in [0.1, 0.15) is 5.75 Å². The van der Waals surface area contributed by atoms with E-state index in [9.17, 15) is 9.90 Å². The van der Waals surface area contributed by atoms with Crippen LogP contribution >= 0.6 is 15.9 Å². The zero-order chi connectivity index (χ0) is 14.5. The molecule has 0 amide bonds. The van der Waals surface area contributed by atoms with Crippen LogP contribution in [-0.4, -0.2) is 18.2 Å². The Balaban J connectivity index is 2.26. The lowest BCUT2D eigenvalue weighted by Gasteiger charge is -2.18. The first-order valence-corrected chi connectivity index (χ1v) is 6.78. The Morgan fingerprint density at radius 2 is 1.75 bits per heavy atom. The number of hydrogen-bond acceptors (Lipinski definition) is 4. The number of methoxy groups -OCH3 is 1. The molecule has 104 valence electrons. The number of phenols is 1. The minimum absolute atomic E-state index is 0.154. The van der Waals surface area contributed by atoms with Crippen LogP contribution in [0.15, 0.2) is 53.0 Å². The largest absolute Gasteiger partial charge is 0.508 e. The normalized spacial score (nSPS) is 11.7. The number of hydrogen-bond donors (Lipinski definition) is 2. The number of nitrogens with one attached hydrogen (secondary N) is 1. The number of benzene rings is 2. The van der Waals surface area contributed by atoms with Crippen molar-refractivity contribution < 1.29 is 14.6 Å². The molecule has 4 nitrogen and oxygen atoms in total. The molecule has 2 aromatic rings. The molecule has 20 heavy (non-hydrogen) atoms. The van der Waals surface area contributed by atoms with Gasteiger partial charge in [-0.1, -0.05) is 28.1 Å². The van der Waals surface area contributed by atoms with Crippen molar-refractivity contribution in [1.29, 1.82) is 0 Å². The van der Waals surface area contributed by atoms with Gasteiger partial charge < -0.3 is 15.2 Å². The summed E-state index contributed by atoms with van der Waals surface area (Å²) in [6, 6.07) is 13.3. The Bertz CT molecular complexity index is 581. The van der Waals surface area contributed by atoms with E-state index in [0.29, 0.717) is 0 Å². The fraction of sp³-hybridized carbons (Fsp3) is 0.133. The van der Waals surface area contributed by atoms with E-state index in [1.165, 1.54) is 19.2 Å². The van der Waals surface area contributed by atoms with E-state index >= 15 is 0 Å². The quantitative estimate of drug-likeness (QED) is 0.840. The Kier molecular flexibility index (Phi) is 4.63. The zero-order valence-electron chi connectivity index (χ0n) is 10.8. The number of carbonyl (C=O) groups is 1. The maximum atomic E-state index is 11.9. The summed E-state index contributed by atoms with van der Waals surface area (Å²) in [5.41, 5.74) is 1.52. The smallest absolute Gasteiger partial charge is 0.332 e. The first kappa shape index (κ1) is 14.4. The van der Waals surface area contributed by atoms with Crippen LogP contribution in [0.3, 0.4) is 0 Å². The number of phenolic OH excluding ortho intramolecular Hbond substituents is 1. The highest BCUT2D eigenvalue weighted by Crippen LogP contribution is 2.24. The second-order valence-corrected chi connectivity index (χ2v) is 5.11. The van der Waals surface area contributed by atoms with E-state index in [1.807, 2.05) is 24.3 Å². The van der Waals surface area contributed by atoms with Crippen molar-refractivity contribution in [3.8, 4) is 5.75 Å². The van der Waals surface area contributed by atoms with Crippen LogP contribution in [-0.2, 0) is 9.53 Å². The van der Waals surface area contributed by atoms with Gasteiger partial charge in [0.25, 0.3) is 0 Å². The third-order valence-corrected chi connectivity index (χ3v) is 3.35. The molecule has 1 atom stereocenters. The molecule has 0 aliphatic carbocycles. The minimum atomic E-state index is -0.623.